The average Bonchev–Trinajstić information content (AvgIpc) is 3.07. The Morgan fingerprint density at radius 1 is 1.31 bits per heavy atom. The van der Waals surface area contributed by atoms with Crippen LogP contribution in [0.3, 0.4) is 0 Å². The fourth-order valence-electron chi connectivity index (χ4n) is 2.50. The molecule has 0 aliphatic rings. The summed E-state index contributed by atoms with van der Waals surface area (Å²) in [5.74, 6) is 1.30. The predicted octanol–water partition coefficient (Wildman–Crippen LogP) is 2.49. The standard InChI is InChI=1S/C16H19BrN6O2S/c1-3-6-23-14(19-20-21-23)10-26-16-18-13-5-4-11(17)9-12(13)15(24)22(16)7-8-25-2/h4-5,9H,3,6-8,10H2,1-2H3. The van der Waals surface area contributed by atoms with E-state index in [4.69, 9.17) is 4.74 Å². The lowest BCUT2D eigenvalue weighted by molar-refractivity contribution is 0.183. The van der Waals surface area contributed by atoms with Gasteiger partial charge in [-0.2, -0.15) is 0 Å². The second-order valence-electron chi connectivity index (χ2n) is 5.61. The number of nitrogens with zero attached hydrogens (tertiary/aromatic N) is 6. The Hall–Kier alpha value is -1.78. The van der Waals surface area contributed by atoms with E-state index < -0.39 is 0 Å². The molecule has 0 amide bonds. The summed E-state index contributed by atoms with van der Waals surface area (Å²) >= 11 is 4.86. The van der Waals surface area contributed by atoms with E-state index in [2.05, 4.69) is 43.4 Å². The SMILES string of the molecule is CCCn1nnnc1CSc1nc2ccc(Br)cc2c(=O)n1CCOC. The number of thioether (sulfide) groups is 1. The van der Waals surface area contributed by atoms with Crippen LogP contribution in [0.15, 0.2) is 32.6 Å². The lowest BCUT2D eigenvalue weighted by Gasteiger charge is -2.12. The van der Waals surface area contributed by atoms with E-state index in [0.717, 1.165) is 23.3 Å². The zero-order chi connectivity index (χ0) is 18.5. The van der Waals surface area contributed by atoms with E-state index in [1.165, 1.54) is 11.8 Å². The van der Waals surface area contributed by atoms with Crippen molar-refractivity contribution in [1.82, 2.24) is 29.8 Å². The minimum absolute atomic E-state index is 0.0796. The summed E-state index contributed by atoms with van der Waals surface area (Å²) in [7, 11) is 1.61. The smallest absolute Gasteiger partial charge is 0.262 e. The molecule has 2 heterocycles. The molecule has 3 rings (SSSR count). The number of methoxy groups -OCH3 is 1. The van der Waals surface area contributed by atoms with Crippen LogP contribution in [0.2, 0.25) is 0 Å². The molecule has 0 atom stereocenters. The number of ether oxygens (including phenoxy) is 1. The summed E-state index contributed by atoms with van der Waals surface area (Å²) in [4.78, 5) is 17.6. The lowest BCUT2D eigenvalue weighted by Crippen LogP contribution is -2.25. The number of benzene rings is 1. The van der Waals surface area contributed by atoms with Gasteiger partial charge in [-0.15, -0.1) is 5.10 Å². The highest BCUT2D eigenvalue weighted by Gasteiger charge is 2.14. The average molecular weight is 439 g/mol. The Kier molecular flexibility index (Phi) is 6.38. The second-order valence-corrected chi connectivity index (χ2v) is 7.47. The van der Waals surface area contributed by atoms with Gasteiger partial charge in [0.2, 0.25) is 0 Å². The Morgan fingerprint density at radius 2 is 2.15 bits per heavy atom. The Morgan fingerprint density at radius 3 is 2.92 bits per heavy atom. The number of hydrogen-bond acceptors (Lipinski definition) is 7. The number of tetrazole rings is 1. The highest BCUT2D eigenvalue weighted by atomic mass is 79.9. The maximum absolute atomic E-state index is 12.9. The van der Waals surface area contributed by atoms with Crippen molar-refractivity contribution in [3.05, 3.63) is 38.9 Å². The highest BCUT2D eigenvalue weighted by molar-refractivity contribution is 9.10. The molecule has 0 unspecified atom stereocenters. The van der Waals surface area contributed by atoms with Crippen molar-refractivity contribution in [3.63, 3.8) is 0 Å². The van der Waals surface area contributed by atoms with Gasteiger partial charge in [0.15, 0.2) is 11.0 Å². The molecule has 0 radical (unpaired) electrons. The predicted molar refractivity (Wildman–Crippen MR) is 103 cm³/mol. The van der Waals surface area contributed by atoms with Gasteiger partial charge in [0.25, 0.3) is 5.56 Å². The number of halogens is 1. The molecule has 0 fully saturated rings. The highest BCUT2D eigenvalue weighted by Crippen LogP contribution is 2.23. The van der Waals surface area contributed by atoms with Gasteiger partial charge in [0.05, 0.1) is 29.8 Å². The Balaban J connectivity index is 1.96. The zero-order valence-corrected chi connectivity index (χ0v) is 17.0. The van der Waals surface area contributed by atoms with Crippen LogP contribution in [0.4, 0.5) is 0 Å². The number of rotatable bonds is 8. The zero-order valence-electron chi connectivity index (χ0n) is 14.6. The summed E-state index contributed by atoms with van der Waals surface area (Å²) in [6, 6.07) is 5.52. The third-order valence-corrected chi connectivity index (χ3v) is 5.24. The molecule has 26 heavy (non-hydrogen) atoms. The number of fused-ring (bicyclic) bond motifs is 1. The van der Waals surface area contributed by atoms with E-state index in [1.54, 1.807) is 22.4 Å². The Bertz CT molecular complexity index is 958. The topological polar surface area (TPSA) is 87.7 Å². The van der Waals surface area contributed by atoms with Gasteiger partial charge < -0.3 is 4.74 Å². The number of aromatic nitrogens is 6. The van der Waals surface area contributed by atoms with Gasteiger partial charge in [-0.25, -0.2) is 9.67 Å². The fourth-order valence-corrected chi connectivity index (χ4v) is 3.82. The lowest BCUT2D eigenvalue weighted by atomic mass is 10.2. The molecule has 8 nitrogen and oxygen atoms in total. The normalized spacial score (nSPS) is 11.3. The summed E-state index contributed by atoms with van der Waals surface area (Å²) in [6.07, 6.45) is 0.949. The summed E-state index contributed by atoms with van der Waals surface area (Å²) in [5, 5.41) is 13.0. The second kappa shape index (κ2) is 8.74. The van der Waals surface area contributed by atoms with Crippen LogP contribution in [0.5, 0.6) is 0 Å². The van der Waals surface area contributed by atoms with E-state index >= 15 is 0 Å². The van der Waals surface area contributed by atoms with Crippen molar-refractivity contribution < 1.29 is 4.74 Å². The molecule has 3 aromatic rings. The minimum atomic E-state index is -0.0796. The molecule has 2 aromatic heterocycles. The molecule has 0 aliphatic carbocycles. The third-order valence-electron chi connectivity index (χ3n) is 3.77. The quantitative estimate of drug-likeness (QED) is 0.394. The maximum atomic E-state index is 12.9. The first-order valence-corrected chi connectivity index (χ1v) is 9.98. The van der Waals surface area contributed by atoms with Gasteiger partial charge in [-0.05, 0) is 35.0 Å². The monoisotopic (exact) mass is 438 g/mol. The van der Waals surface area contributed by atoms with Crippen molar-refractivity contribution in [3.8, 4) is 0 Å². The van der Waals surface area contributed by atoms with Gasteiger partial charge in [-0.3, -0.25) is 9.36 Å². The van der Waals surface area contributed by atoms with Crippen LogP contribution in [0, 0.1) is 0 Å². The summed E-state index contributed by atoms with van der Waals surface area (Å²) in [5.41, 5.74) is 0.589. The first-order valence-electron chi connectivity index (χ1n) is 8.21. The molecule has 0 saturated carbocycles. The molecule has 0 aliphatic heterocycles. The van der Waals surface area contributed by atoms with Crippen LogP contribution < -0.4 is 5.56 Å². The molecule has 10 heteroatoms. The molecule has 0 N–H and O–H groups in total. The van der Waals surface area contributed by atoms with E-state index in [0.29, 0.717) is 35.0 Å². The van der Waals surface area contributed by atoms with Gasteiger partial charge in [0, 0.05) is 18.1 Å². The van der Waals surface area contributed by atoms with Crippen LogP contribution in [0.25, 0.3) is 10.9 Å². The number of aryl methyl sites for hydroxylation is 1. The molecule has 0 spiro atoms. The summed E-state index contributed by atoms with van der Waals surface area (Å²) < 4.78 is 9.43. The van der Waals surface area contributed by atoms with Crippen molar-refractivity contribution >= 4 is 38.6 Å². The molecule has 0 saturated heterocycles. The molecule has 0 bridgehead atoms. The van der Waals surface area contributed by atoms with Gasteiger partial charge in [0.1, 0.15) is 0 Å². The van der Waals surface area contributed by atoms with Crippen LogP contribution in [0.1, 0.15) is 19.2 Å². The first kappa shape index (κ1) is 19.0. The Labute approximate surface area is 163 Å². The number of hydrogen-bond donors (Lipinski definition) is 0. The van der Waals surface area contributed by atoms with Crippen molar-refractivity contribution in [1.29, 1.82) is 0 Å². The third kappa shape index (κ3) is 4.13. The van der Waals surface area contributed by atoms with E-state index in [-0.39, 0.29) is 5.56 Å². The molecular formula is C16H19BrN6O2S. The van der Waals surface area contributed by atoms with Crippen LogP contribution >= 0.6 is 27.7 Å². The maximum Gasteiger partial charge on any atom is 0.262 e. The first-order chi connectivity index (χ1) is 12.6. The van der Waals surface area contributed by atoms with Crippen molar-refractivity contribution in [2.24, 2.45) is 0 Å². The largest absolute Gasteiger partial charge is 0.383 e. The molecule has 138 valence electrons. The van der Waals surface area contributed by atoms with Crippen molar-refractivity contribution in [2.75, 3.05) is 13.7 Å². The van der Waals surface area contributed by atoms with Crippen molar-refractivity contribution in [2.45, 2.75) is 37.3 Å². The van der Waals surface area contributed by atoms with E-state index in [1.807, 2.05) is 12.1 Å². The minimum Gasteiger partial charge on any atom is -0.383 e. The van der Waals surface area contributed by atoms with Gasteiger partial charge >= 0.3 is 0 Å². The summed E-state index contributed by atoms with van der Waals surface area (Å²) in [6.45, 7) is 3.71. The fraction of sp³-hybridized carbons (Fsp3) is 0.438. The van der Waals surface area contributed by atoms with Crippen LogP contribution in [-0.4, -0.2) is 43.5 Å². The van der Waals surface area contributed by atoms with E-state index in [9.17, 15) is 4.79 Å². The molecule has 1 aromatic carbocycles. The van der Waals surface area contributed by atoms with Crippen LogP contribution in [-0.2, 0) is 23.6 Å². The van der Waals surface area contributed by atoms with Gasteiger partial charge in [-0.1, -0.05) is 34.6 Å². The molecular weight excluding hydrogens is 420 g/mol.